The topological polar surface area (TPSA) is 75.7 Å². The van der Waals surface area contributed by atoms with Gasteiger partial charge in [-0.25, -0.2) is 8.42 Å². The summed E-state index contributed by atoms with van der Waals surface area (Å²) in [7, 11) is -2.02. The number of hydrogen-bond acceptors (Lipinski definition) is 6. The van der Waals surface area contributed by atoms with E-state index in [0.29, 0.717) is 17.9 Å². The number of thiophene rings is 1. The first kappa shape index (κ1) is 23.2. The maximum absolute atomic E-state index is 13.2. The molecule has 1 atom stereocenters. The molecule has 0 radical (unpaired) electrons. The van der Waals surface area contributed by atoms with Gasteiger partial charge in [0.15, 0.2) is 0 Å². The summed E-state index contributed by atoms with van der Waals surface area (Å²) in [6.07, 6.45) is 4.22. The summed E-state index contributed by atoms with van der Waals surface area (Å²) < 4.78 is 33.4. The number of hydrogen-bond donors (Lipinski definition) is 1. The van der Waals surface area contributed by atoms with Gasteiger partial charge in [0.1, 0.15) is 0 Å². The van der Waals surface area contributed by atoms with Gasteiger partial charge in [-0.15, -0.1) is 11.3 Å². The van der Waals surface area contributed by atoms with Gasteiger partial charge in [0.25, 0.3) is 10.0 Å². The summed E-state index contributed by atoms with van der Waals surface area (Å²) in [6.45, 7) is 3.01. The van der Waals surface area contributed by atoms with Gasteiger partial charge in [0, 0.05) is 17.9 Å². The maximum Gasteiger partial charge on any atom is 0.305 e. The van der Waals surface area contributed by atoms with E-state index in [1.54, 1.807) is 24.5 Å². The lowest BCUT2D eigenvalue weighted by Gasteiger charge is -2.19. The Hall–Kier alpha value is -1.42. The molecule has 0 bridgehead atoms. The zero-order valence-corrected chi connectivity index (χ0v) is 20.4. The van der Waals surface area contributed by atoms with Crippen LogP contribution in [0.1, 0.15) is 55.5 Å². The van der Waals surface area contributed by atoms with Gasteiger partial charge in [0.2, 0.25) is 0 Å². The van der Waals surface area contributed by atoms with Crippen LogP contribution in [0.4, 0.5) is 5.69 Å². The first-order valence-corrected chi connectivity index (χ1v) is 13.2. The van der Waals surface area contributed by atoms with Gasteiger partial charge in [0.05, 0.1) is 28.1 Å². The fourth-order valence-electron chi connectivity index (χ4n) is 3.61. The molecule has 2 heterocycles. The number of halogens is 1. The van der Waals surface area contributed by atoms with Crippen molar-refractivity contribution in [2.45, 2.75) is 50.0 Å². The van der Waals surface area contributed by atoms with Crippen LogP contribution in [0.15, 0.2) is 39.0 Å². The van der Waals surface area contributed by atoms with Crippen molar-refractivity contribution in [3.8, 4) is 0 Å². The molecule has 0 amide bonds. The van der Waals surface area contributed by atoms with Crippen LogP contribution in [0, 0.1) is 0 Å². The molecule has 0 spiro atoms. The third kappa shape index (κ3) is 5.07. The molecule has 0 saturated heterocycles. The summed E-state index contributed by atoms with van der Waals surface area (Å²) in [5, 5.41) is 5.51. The Morgan fingerprint density at radius 1 is 1.23 bits per heavy atom. The second-order valence-corrected chi connectivity index (χ2v) is 11.0. The highest BCUT2D eigenvalue weighted by Crippen LogP contribution is 2.43. The lowest BCUT2D eigenvalue weighted by atomic mass is 10.0. The molecule has 164 valence electrons. The van der Waals surface area contributed by atoms with E-state index in [-0.39, 0.29) is 12.0 Å². The van der Waals surface area contributed by atoms with E-state index in [1.165, 1.54) is 4.31 Å². The quantitative estimate of drug-likeness (QED) is 0.382. The van der Waals surface area contributed by atoms with Gasteiger partial charge >= 0.3 is 5.97 Å². The number of nitrogens with one attached hydrogen (secondary N) is 1. The molecule has 1 N–H and O–H groups in total. The van der Waals surface area contributed by atoms with Crippen LogP contribution < -0.4 is 9.62 Å². The van der Waals surface area contributed by atoms with Crippen LogP contribution in [-0.2, 0) is 19.6 Å². The Bertz CT molecular complexity index is 991. The molecule has 1 aromatic carbocycles. The molecule has 9 heteroatoms. The predicted octanol–water partition coefficient (Wildman–Crippen LogP) is 4.84. The largest absolute Gasteiger partial charge is 0.466 e. The number of ether oxygens (including phenoxy) is 1. The highest BCUT2D eigenvalue weighted by molar-refractivity contribution is 9.10. The number of anilines is 1. The minimum Gasteiger partial charge on any atom is -0.466 e. The number of nitrogens with zero attached hydrogens (tertiary/aromatic N) is 1. The van der Waals surface area contributed by atoms with Crippen molar-refractivity contribution in [1.29, 1.82) is 0 Å². The minimum atomic E-state index is -3.63. The molecular formula is C21H27BrN2O4S2. The average molecular weight is 515 g/mol. The van der Waals surface area contributed by atoms with Crippen molar-refractivity contribution in [2.75, 3.05) is 24.5 Å². The molecule has 3 rings (SSSR count). The monoisotopic (exact) mass is 514 g/mol. The molecule has 1 aromatic heterocycles. The number of carbonyl (C=O) groups excluding carboxylic acids is 1. The first-order chi connectivity index (χ1) is 14.4. The molecule has 30 heavy (non-hydrogen) atoms. The number of sulfonamides is 1. The number of fused-ring (bicyclic) bond motifs is 2. The lowest BCUT2D eigenvalue weighted by molar-refractivity contribution is -0.143. The molecule has 0 aliphatic carbocycles. The van der Waals surface area contributed by atoms with E-state index in [4.69, 9.17) is 4.74 Å². The standard InChI is InChI=1S/C21H27BrN2O4S2/c1-3-28-19(25)8-6-4-5-7-12-23-20-16-10-9-15(22)14-18(16)30(26,27)24(2)17-11-13-29-21(17)20/h9-11,13-14,20,23H,3-8,12H2,1-2H3. The SMILES string of the molecule is CCOC(=O)CCCCCCNC1c2ccc(Br)cc2S(=O)(=O)N(C)c2ccsc21. The molecule has 0 saturated carbocycles. The second kappa shape index (κ2) is 10.3. The Balaban J connectivity index is 1.68. The van der Waals surface area contributed by atoms with Crippen molar-refractivity contribution in [3.05, 3.63) is 44.6 Å². The summed E-state index contributed by atoms with van der Waals surface area (Å²) in [5.41, 5.74) is 1.49. The van der Waals surface area contributed by atoms with Crippen molar-refractivity contribution >= 4 is 48.9 Å². The lowest BCUT2D eigenvalue weighted by Crippen LogP contribution is -2.26. The van der Waals surface area contributed by atoms with E-state index in [2.05, 4.69) is 21.2 Å². The summed E-state index contributed by atoms with van der Waals surface area (Å²) >= 11 is 4.97. The number of rotatable bonds is 9. The van der Waals surface area contributed by atoms with Crippen molar-refractivity contribution in [1.82, 2.24) is 5.32 Å². The Morgan fingerprint density at radius 3 is 2.77 bits per heavy atom. The van der Waals surface area contributed by atoms with E-state index < -0.39 is 10.0 Å². The van der Waals surface area contributed by atoms with Crippen LogP contribution in [0.3, 0.4) is 0 Å². The molecule has 2 aromatic rings. The van der Waals surface area contributed by atoms with Crippen LogP contribution >= 0.6 is 27.3 Å². The fraction of sp³-hybridized carbons (Fsp3) is 0.476. The first-order valence-electron chi connectivity index (χ1n) is 10.1. The van der Waals surface area contributed by atoms with Crippen molar-refractivity contribution in [3.63, 3.8) is 0 Å². The molecule has 6 nitrogen and oxygen atoms in total. The zero-order chi connectivity index (χ0) is 21.7. The fourth-order valence-corrected chi connectivity index (χ4v) is 6.67. The molecule has 1 unspecified atom stereocenters. The van der Waals surface area contributed by atoms with Gasteiger partial charge < -0.3 is 10.1 Å². The molecular weight excluding hydrogens is 488 g/mol. The Morgan fingerprint density at radius 2 is 2.00 bits per heavy atom. The highest BCUT2D eigenvalue weighted by Gasteiger charge is 2.35. The summed E-state index contributed by atoms with van der Waals surface area (Å²) in [4.78, 5) is 12.7. The maximum atomic E-state index is 13.2. The third-order valence-corrected chi connectivity index (χ3v) is 8.45. The predicted molar refractivity (Wildman–Crippen MR) is 124 cm³/mol. The number of benzene rings is 1. The van der Waals surface area contributed by atoms with E-state index >= 15 is 0 Å². The van der Waals surface area contributed by atoms with Gasteiger partial charge in [-0.05, 0) is 55.5 Å². The highest BCUT2D eigenvalue weighted by atomic mass is 79.9. The van der Waals surface area contributed by atoms with Gasteiger partial charge in [-0.3, -0.25) is 9.10 Å². The molecule has 1 aliphatic heterocycles. The second-order valence-electron chi connectivity index (χ2n) is 7.18. The smallest absolute Gasteiger partial charge is 0.305 e. The van der Waals surface area contributed by atoms with Crippen molar-refractivity contribution < 1.29 is 17.9 Å². The summed E-state index contributed by atoms with van der Waals surface area (Å²) in [5.74, 6) is -0.132. The zero-order valence-electron chi connectivity index (χ0n) is 17.2. The van der Waals surface area contributed by atoms with Crippen LogP contribution in [0.2, 0.25) is 0 Å². The van der Waals surface area contributed by atoms with E-state index in [9.17, 15) is 13.2 Å². The van der Waals surface area contributed by atoms with Gasteiger partial charge in [-0.1, -0.05) is 34.8 Å². The number of carbonyl (C=O) groups is 1. The van der Waals surface area contributed by atoms with Crippen LogP contribution in [0.25, 0.3) is 0 Å². The number of esters is 1. The van der Waals surface area contributed by atoms with Crippen LogP contribution in [0.5, 0.6) is 0 Å². The summed E-state index contributed by atoms with van der Waals surface area (Å²) in [6, 6.07) is 7.14. The van der Waals surface area contributed by atoms with E-state index in [1.807, 2.05) is 30.5 Å². The Labute approximate surface area is 190 Å². The van der Waals surface area contributed by atoms with Crippen LogP contribution in [-0.4, -0.2) is 34.6 Å². The molecule has 1 aliphatic rings. The van der Waals surface area contributed by atoms with E-state index in [0.717, 1.165) is 52.8 Å². The normalized spacial score (nSPS) is 17.2. The van der Waals surface area contributed by atoms with Gasteiger partial charge in [-0.2, -0.15) is 0 Å². The third-order valence-electron chi connectivity index (χ3n) is 5.16. The number of unbranched alkanes of at least 4 members (excludes halogenated alkanes) is 3. The molecule has 0 fully saturated rings. The Kier molecular flexibility index (Phi) is 7.95. The average Bonchev–Trinajstić information content (AvgIpc) is 3.17. The van der Waals surface area contributed by atoms with Crippen molar-refractivity contribution in [2.24, 2.45) is 0 Å². The minimum absolute atomic E-state index is 0.132.